The lowest BCUT2D eigenvalue weighted by molar-refractivity contribution is 0.133. The third kappa shape index (κ3) is 4.57. The van der Waals surface area contributed by atoms with Crippen molar-refractivity contribution in [2.45, 2.75) is 25.0 Å². The van der Waals surface area contributed by atoms with E-state index in [1.165, 1.54) is 17.0 Å². The molecule has 1 aromatic carbocycles. The molecule has 0 bridgehead atoms. The van der Waals surface area contributed by atoms with E-state index < -0.39 is 17.7 Å². The van der Waals surface area contributed by atoms with Gasteiger partial charge in [0.2, 0.25) is 0 Å². The first-order valence-electron chi connectivity index (χ1n) is 12.3. The molecule has 0 radical (unpaired) electrons. The maximum atomic E-state index is 14.1. The fourth-order valence-electron chi connectivity index (χ4n) is 4.76. The quantitative estimate of drug-likeness (QED) is 0.390. The van der Waals surface area contributed by atoms with Gasteiger partial charge in [-0.15, -0.1) is 0 Å². The van der Waals surface area contributed by atoms with E-state index in [0.29, 0.717) is 60.7 Å². The normalized spacial score (nSPS) is 18.3. The number of hydrogen-bond donors (Lipinski definition) is 0. The maximum Gasteiger partial charge on any atom is 0.410 e. The Morgan fingerprint density at radius 1 is 1.05 bits per heavy atom. The van der Waals surface area contributed by atoms with Gasteiger partial charge in [-0.3, -0.25) is 9.67 Å². The average molecular weight is 522 g/mol. The Morgan fingerprint density at radius 2 is 1.87 bits per heavy atom. The van der Waals surface area contributed by atoms with Crippen molar-refractivity contribution in [1.29, 1.82) is 0 Å². The molecule has 2 fully saturated rings. The Balaban J connectivity index is 1.29. The van der Waals surface area contributed by atoms with Gasteiger partial charge in [-0.25, -0.2) is 23.5 Å². The van der Waals surface area contributed by atoms with Gasteiger partial charge in [-0.1, -0.05) is 0 Å². The lowest BCUT2D eigenvalue weighted by Crippen LogP contribution is -2.39. The third-order valence-corrected chi connectivity index (χ3v) is 6.79. The van der Waals surface area contributed by atoms with Crippen LogP contribution in [0.2, 0.25) is 0 Å². The zero-order valence-corrected chi connectivity index (χ0v) is 20.8. The second-order valence-electron chi connectivity index (χ2n) is 9.53. The molecule has 2 aliphatic heterocycles. The van der Waals surface area contributed by atoms with Crippen molar-refractivity contribution in [3.8, 4) is 17.0 Å². The van der Waals surface area contributed by atoms with E-state index in [1.807, 2.05) is 19.3 Å². The molecule has 38 heavy (non-hydrogen) atoms. The largest absolute Gasteiger partial charge is 0.487 e. The van der Waals surface area contributed by atoms with Gasteiger partial charge < -0.3 is 19.3 Å². The van der Waals surface area contributed by atoms with Crippen LogP contribution < -0.4 is 9.64 Å². The number of piperidine rings is 1. The van der Waals surface area contributed by atoms with Crippen LogP contribution in [0, 0.1) is 11.6 Å². The molecular formula is C26H25F2N7O3. The number of likely N-dealkylation sites (N-methyl/N-ethyl adjacent to an activating group) is 1. The van der Waals surface area contributed by atoms with Gasteiger partial charge in [-0.2, -0.15) is 5.10 Å². The van der Waals surface area contributed by atoms with Gasteiger partial charge >= 0.3 is 6.09 Å². The molecule has 12 heteroatoms. The molecule has 4 aromatic rings. The number of pyridine rings is 1. The number of benzene rings is 1. The number of anilines is 1. The number of hydrogen-bond acceptors (Lipinski definition) is 8. The highest BCUT2D eigenvalue weighted by molar-refractivity contribution is 5.83. The molecule has 5 heterocycles. The number of rotatable bonds is 5. The topological polar surface area (TPSA) is 98.5 Å². The number of halogens is 2. The van der Waals surface area contributed by atoms with Crippen LogP contribution in [0.5, 0.6) is 5.75 Å². The number of cyclic esters (lactones) is 1. The Hall–Kier alpha value is -4.35. The number of aromatic nitrogens is 5. The highest BCUT2D eigenvalue weighted by Gasteiger charge is 2.31. The summed E-state index contributed by atoms with van der Waals surface area (Å²) in [5.41, 5.74) is 3.35. The summed E-state index contributed by atoms with van der Waals surface area (Å²) < 4.78 is 40.3. The smallest absolute Gasteiger partial charge is 0.410 e. The van der Waals surface area contributed by atoms with Gasteiger partial charge in [0, 0.05) is 57.9 Å². The first-order valence-corrected chi connectivity index (χ1v) is 12.3. The van der Waals surface area contributed by atoms with Gasteiger partial charge in [0.05, 0.1) is 30.1 Å². The summed E-state index contributed by atoms with van der Waals surface area (Å²) in [4.78, 5) is 29.8. The SMILES string of the molecule is CN1CC(c2cc3nc(N4CCC(Oc5ccc(F)cc5F)CC4)c(-c4cnn(C)c4)nc3cn2)OC1=O. The predicted octanol–water partition coefficient (Wildman–Crippen LogP) is 3.87. The Bertz CT molecular complexity index is 1520. The van der Waals surface area contributed by atoms with E-state index in [9.17, 15) is 13.6 Å². The van der Waals surface area contributed by atoms with E-state index in [2.05, 4.69) is 15.0 Å². The third-order valence-electron chi connectivity index (χ3n) is 6.79. The minimum atomic E-state index is -0.713. The van der Waals surface area contributed by atoms with Crippen molar-refractivity contribution < 1.29 is 23.0 Å². The summed E-state index contributed by atoms with van der Waals surface area (Å²) in [6.07, 6.45) is 5.42. The van der Waals surface area contributed by atoms with Crippen LogP contribution in [0.1, 0.15) is 24.6 Å². The summed E-state index contributed by atoms with van der Waals surface area (Å²) in [7, 11) is 3.52. The van der Waals surface area contributed by atoms with E-state index in [1.54, 1.807) is 24.1 Å². The molecule has 10 nitrogen and oxygen atoms in total. The zero-order chi connectivity index (χ0) is 26.4. The summed E-state index contributed by atoms with van der Waals surface area (Å²) in [6, 6.07) is 5.13. The number of nitrogens with zero attached hydrogens (tertiary/aromatic N) is 7. The molecule has 2 saturated heterocycles. The van der Waals surface area contributed by atoms with Crippen LogP contribution >= 0.6 is 0 Å². The fourth-order valence-corrected chi connectivity index (χ4v) is 4.76. The predicted molar refractivity (Wildman–Crippen MR) is 134 cm³/mol. The summed E-state index contributed by atoms with van der Waals surface area (Å²) >= 11 is 0. The first kappa shape index (κ1) is 24.0. The van der Waals surface area contributed by atoms with Crippen molar-refractivity contribution in [3.63, 3.8) is 0 Å². The van der Waals surface area contributed by atoms with Crippen LogP contribution in [0.25, 0.3) is 22.3 Å². The van der Waals surface area contributed by atoms with Crippen LogP contribution in [0.4, 0.5) is 19.4 Å². The van der Waals surface area contributed by atoms with Crippen molar-refractivity contribution in [1.82, 2.24) is 29.6 Å². The lowest BCUT2D eigenvalue weighted by Gasteiger charge is -2.33. The van der Waals surface area contributed by atoms with Gasteiger partial charge in [-0.05, 0) is 18.2 Å². The molecule has 0 aliphatic carbocycles. The van der Waals surface area contributed by atoms with Crippen LogP contribution in [-0.4, -0.2) is 68.5 Å². The number of carbonyl (C=O) groups excluding carboxylic acids is 1. The standard InChI is InChI=1S/C26H25F2N7O3/c1-33-14-23(38-26(33)36)20-10-19-21(12-29-20)31-24(15-11-30-34(2)13-15)25(32-19)35-7-5-17(6-8-35)37-22-4-3-16(27)9-18(22)28/h3-4,9-13,17,23H,5-8,14H2,1-2H3. The minimum absolute atomic E-state index is 0.0460. The minimum Gasteiger partial charge on any atom is -0.487 e. The Labute approximate surface area is 216 Å². The number of aryl methyl sites for hydroxylation is 1. The van der Waals surface area contributed by atoms with Crippen molar-refractivity contribution >= 4 is 22.9 Å². The second-order valence-corrected chi connectivity index (χ2v) is 9.53. The molecule has 3 aromatic heterocycles. The van der Waals surface area contributed by atoms with Gasteiger partial charge in [0.1, 0.15) is 23.1 Å². The molecule has 1 atom stereocenters. The monoisotopic (exact) mass is 521 g/mol. The van der Waals surface area contributed by atoms with Crippen molar-refractivity contribution in [2.24, 2.45) is 7.05 Å². The highest BCUT2D eigenvalue weighted by Crippen LogP contribution is 2.33. The van der Waals surface area contributed by atoms with Crippen LogP contribution in [-0.2, 0) is 11.8 Å². The van der Waals surface area contributed by atoms with Crippen molar-refractivity contribution in [3.05, 3.63) is 60.2 Å². The summed E-state index contributed by atoms with van der Waals surface area (Å²) in [5.74, 6) is -0.617. The molecule has 0 spiro atoms. The Kier molecular flexibility index (Phi) is 6.01. The van der Waals surface area contributed by atoms with E-state index in [4.69, 9.17) is 19.4 Å². The van der Waals surface area contributed by atoms with E-state index in [0.717, 1.165) is 11.6 Å². The molecule has 0 saturated carbocycles. The fraction of sp³-hybridized carbons (Fsp3) is 0.346. The number of carbonyl (C=O) groups is 1. The van der Waals surface area contributed by atoms with Crippen LogP contribution in [0.3, 0.4) is 0 Å². The summed E-state index contributed by atoms with van der Waals surface area (Å²) in [6.45, 7) is 1.61. The first-order chi connectivity index (χ1) is 18.3. The van der Waals surface area contributed by atoms with E-state index in [-0.39, 0.29) is 17.9 Å². The van der Waals surface area contributed by atoms with Crippen molar-refractivity contribution in [2.75, 3.05) is 31.6 Å². The molecule has 2 aliphatic rings. The number of ether oxygens (including phenoxy) is 2. The zero-order valence-electron chi connectivity index (χ0n) is 20.8. The van der Waals surface area contributed by atoms with Gasteiger partial charge in [0.15, 0.2) is 23.5 Å². The molecule has 6 rings (SSSR count). The molecule has 0 N–H and O–H groups in total. The summed E-state index contributed by atoms with van der Waals surface area (Å²) in [5, 5.41) is 4.29. The lowest BCUT2D eigenvalue weighted by atomic mass is 10.1. The van der Waals surface area contributed by atoms with E-state index >= 15 is 0 Å². The number of amides is 1. The average Bonchev–Trinajstić information content (AvgIpc) is 3.49. The second kappa shape index (κ2) is 9.51. The molecule has 196 valence electrons. The number of fused-ring (bicyclic) bond motifs is 1. The highest BCUT2D eigenvalue weighted by atomic mass is 19.1. The maximum absolute atomic E-state index is 14.1. The molecule has 1 amide bonds. The van der Waals surface area contributed by atoms with Gasteiger partial charge in [0.25, 0.3) is 0 Å². The Morgan fingerprint density at radius 3 is 2.55 bits per heavy atom. The molecular weight excluding hydrogens is 496 g/mol. The molecule has 1 unspecified atom stereocenters. The van der Waals surface area contributed by atoms with Crippen LogP contribution in [0.15, 0.2) is 42.9 Å².